The number of hydrogen-bond acceptors (Lipinski definition) is 2. The number of ether oxygens (including phenoxy) is 1. The second kappa shape index (κ2) is 4.03. The molecule has 0 aliphatic heterocycles. The molecule has 0 heterocycles. The van der Waals surface area contributed by atoms with Crippen LogP contribution in [0, 0.1) is 0 Å². The van der Waals surface area contributed by atoms with Gasteiger partial charge in [0.05, 0.1) is 7.11 Å². The zero-order valence-electron chi connectivity index (χ0n) is 8.92. The van der Waals surface area contributed by atoms with E-state index in [1.165, 1.54) is 6.42 Å². The summed E-state index contributed by atoms with van der Waals surface area (Å²) >= 11 is 6.22. The van der Waals surface area contributed by atoms with Crippen LogP contribution in [-0.4, -0.2) is 13.7 Å². The standard InChI is InChI=1S/C12H16ClNO/c1-15-9-3-4-11(13)10(7-9)12(8-14)5-2-6-12/h3-4,7H,2,5-6,8,14H2,1H3. The molecule has 1 aliphatic rings. The molecule has 0 amide bonds. The van der Waals surface area contributed by atoms with Gasteiger partial charge in [0.15, 0.2) is 0 Å². The summed E-state index contributed by atoms with van der Waals surface area (Å²) in [5.74, 6) is 0.856. The van der Waals surface area contributed by atoms with Gasteiger partial charge in [0.25, 0.3) is 0 Å². The molecule has 1 aliphatic carbocycles. The van der Waals surface area contributed by atoms with Gasteiger partial charge in [0.2, 0.25) is 0 Å². The fraction of sp³-hybridized carbons (Fsp3) is 0.500. The summed E-state index contributed by atoms with van der Waals surface area (Å²) in [6.07, 6.45) is 3.51. The lowest BCUT2D eigenvalue weighted by atomic mass is 9.64. The van der Waals surface area contributed by atoms with Crippen LogP contribution in [0.1, 0.15) is 24.8 Å². The van der Waals surface area contributed by atoms with E-state index in [9.17, 15) is 0 Å². The van der Waals surface area contributed by atoms with Crippen LogP contribution in [0.2, 0.25) is 5.02 Å². The average molecular weight is 226 g/mol. The van der Waals surface area contributed by atoms with Crippen LogP contribution < -0.4 is 10.5 Å². The fourth-order valence-electron chi connectivity index (χ4n) is 2.22. The molecule has 2 nitrogen and oxygen atoms in total. The Hall–Kier alpha value is -0.730. The number of methoxy groups -OCH3 is 1. The first-order valence-corrected chi connectivity index (χ1v) is 5.64. The highest BCUT2D eigenvalue weighted by atomic mass is 35.5. The number of benzene rings is 1. The normalized spacial score (nSPS) is 18.3. The maximum Gasteiger partial charge on any atom is 0.119 e. The first-order chi connectivity index (χ1) is 7.22. The lowest BCUT2D eigenvalue weighted by molar-refractivity contribution is 0.252. The van der Waals surface area contributed by atoms with E-state index in [1.807, 2.05) is 18.2 Å². The zero-order valence-corrected chi connectivity index (χ0v) is 9.68. The van der Waals surface area contributed by atoms with Crippen LogP contribution in [0.5, 0.6) is 5.75 Å². The number of nitrogens with two attached hydrogens (primary N) is 1. The third kappa shape index (κ3) is 1.72. The Morgan fingerprint density at radius 1 is 1.47 bits per heavy atom. The quantitative estimate of drug-likeness (QED) is 0.859. The van der Waals surface area contributed by atoms with Crippen molar-refractivity contribution < 1.29 is 4.74 Å². The van der Waals surface area contributed by atoms with Gasteiger partial charge in [-0.25, -0.2) is 0 Å². The highest BCUT2D eigenvalue weighted by molar-refractivity contribution is 6.31. The lowest BCUT2D eigenvalue weighted by Crippen LogP contribution is -2.41. The largest absolute Gasteiger partial charge is 0.497 e. The van der Waals surface area contributed by atoms with E-state index < -0.39 is 0 Å². The van der Waals surface area contributed by atoms with E-state index in [4.69, 9.17) is 22.1 Å². The van der Waals surface area contributed by atoms with Crippen LogP contribution in [-0.2, 0) is 5.41 Å². The lowest BCUT2D eigenvalue weighted by Gasteiger charge is -2.42. The molecule has 82 valence electrons. The van der Waals surface area contributed by atoms with Crippen molar-refractivity contribution in [2.75, 3.05) is 13.7 Å². The molecular weight excluding hydrogens is 210 g/mol. The van der Waals surface area contributed by atoms with Crippen LogP contribution in [0.25, 0.3) is 0 Å². The Labute approximate surface area is 95.4 Å². The Kier molecular flexibility index (Phi) is 2.89. The molecule has 1 fully saturated rings. The number of rotatable bonds is 3. The Bertz CT molecular complexity index is 355. The number of halogens is 1. The van der Waals surface area contributed by atoms with Crippen molar-refractivity contribution in [3.05, 3.63) is 28.8 Å². The van der Waals surface area contributed by atoms with Crippen LogP contribution >= 0.6 is 11.6 Å². The van der Waals surface area contributed by atoms with Crippen molar-refractivity contribution in [3.8, 4) is 5.75 Å². The highest BCUT2D eigenvalue weighted by Crippen LogP contribution is 2.46. The monoisotopic (exact) mass is 225 g/mol. The molecule has 15 heavy (non-hydrogen) atoms. The first-order valence-electron chi connectivity index (χ1n) is 5.26. The summed E-state index contributed by atoms with van der Waals surface area (Å²) in [5.41, 5.74) is 7.11. The SMILES string of the molecule is COc1ccc(Cl)c(C2(CN)CCC2)c1. The number of hydrogen-bond donors (Lipinski definition) is 1. The van der Waals surface area contributed by atoms with Gasteiger partial charge in [-0.05, 0) is 36.6 Å². The molecule has 0 radical (unpaired) electrons. The third-order valence-corrected chi connectivity index (χ3v) is 3.78. The van der Waals surface area contributed by atoms with Gasteiger partial charge in [-0.3, -0.25) is 0 Å². The van der Waals surface area contributed by atoms with E-state index >= 15 is 0 Å². The minimum Gasteiger partial charge on any atom is -0.497 e. The zero-order chi connectivity index (χ0) is 10.9. The van der Waals surface area contributed by atoms with Gasteiger partial charge in [-0.15, -0.1) is 0 Å². The fourth-order valence-corrected chi connectivity index (χ4v) is 2.54. The maximum absolute atomic E-state index is 6.22. The summed E-state index contributed by atoms with van der Waals surface area (Å²) < 4.78 is 5.22. The maximum atomic E-state index is 6.22. The summed E-state index contributed by atoms with van der Waals surface area (Å²) in [5, 5.41) is 0.806. The molecule has 2 N–H and O–H groups in total. The van der Waals surface area contributed by atoms with Gasteiger partial charge in [0, 0.05) is 17.0 Å². The summed E-state index contributed by atoms with van der Waals surface area (Å²) in [7, 11) is 1.67. The Morgan fingerprint density at radius 2 is 2.20 bits per heavy atom. The Morgan fingerprint density at radius 3 is 2.67 bits per heavy atom. The molecule has 0 spiro atoms. The third-order valence-electron chi connectivity index (χ3n) is 3.45. The first kappa shape index (κ1) is 10.8. The van der Waals surface area contributed by atoms with E-state index in [0.29, 0.717) is 6.54 Å². The van der Waals surface area contributed by atoms with E-state index in [0.717, 1.165) is 29.2 Å². The molecule has 1 aromatic rings. The van der Waals surface area contributed by atoms with Crippen molar-refractivity contribution in [1.29, 1.82) is 0 Å². The van der Waals surface area contributed by atoms with Crippen molar-refractivity contribution >= 4 is 11.6 Å². The predicted octanol–water partition coefficient (Wildman–Crippen LogP) is 2.73. The van der Waals surface area contributed by atoms with Crippen molar-refractivity contribution in [1.82, 2.24) is 0 Å². The van der Waals surface area contributed by atoms with E-state index in [-0.39, 0.29) is 5.41 Å². The molecule has 1 aromatic carbocycles. The smallest absolute Gasteiger partial charge is 0.119 e. The van der Waals surface area contributed by atoms with Gasteiger partial charge < -0.3 is 10.5 Å². The molecule has 0 unspecified atom stereocenters. The van der Waals surface area contributed by atoms with E-state index in [1.54, 1.807) is 7.11 Å². The second-order valence-corrected chi connectivity index (χ2v) is 4.59. The van der Waals surface area contributed by atoms with Crippen molar-refractivity contribution in [2.24, 2.45) is 5.73 Å². The minimum absolute atomic E-state index is 0.103. The van der Waals surface area contributed by atoms with Gasteiger partial charge >= 0.3 is 0 Å². The summed E-state index contributed by atoms with van der Waals surface area (Å²) in [4.78, 5) is 0. The van der Waals surface area contributed by atoms with Crippen LogP contribution in [0.15, 0.2) is 18.2 Å². The Balaban J connectivity index is 2.41. The van der Waals surface area contributed by atoms with Crippen molar-refractivity contribution in [3.63, 3.8) is 0 Å². The molecule has 0 bridgehead atoms. The molecule has 1 saturated carbocycles. The van der Waals surface area contributed by atoms with Crippen LogP contribution in [0.4, 0.5) is 0 Å². The average Bonchev–Trinajstić information content (AvgIpc) is 2.20. The molecule has 0 saturated heterocycles. The summed E-state index contributed by atoms with van der Waals surface area (Å²) in [6.45, 7) is 0.667. The molecule has 2 rings (SSSR count). The molecule has 0 atom stereocenters. The van der Waals surface area contributed by atoms with Gasteiger partial charge in [0.1, 0.15) is 5.75 Å². The molecular formula is C12H16ClNO. The van der Waals surface area contributed by atoms with Crippen molar-refractivity contribution in [2.45, 2.75) is 24.7 Å². The highest BCUT2D eigenvalue weighted by Gasteiger charge is 2.38. The van der Waals surface area contributed by atoms with Gasteiger partial charge in [-0.1, -0.05) is 18.0 Å². The predicted molar refractivity (Wildman–Crippen MR) is 62.6 cm³/mol. The van der Waals surface area contributed by atoms with Crippen LogP contribution in [0.3, 0.4) is 0 Å². The van der Waals surface area contributed by atoms with Gasteiger partial charge in [-0.2, -0.15) is 0 Å². The minimum atomic E-state index is 0.103. The summed E-state index contributed by atoms with van der Waals surface area (Å²) in [6, 6.07) is 5.80. The molecule has 0 aromatic heterocycles. The van der Waals surface area contributed by atoms with E-state index in [2.05, 4.69) is 0 Å². The second-order valence-electron chi connectivity index (χ2n) is 4.18. The molecule has 3 heteroatoms. The topological polar surface area (TPSA) is 35.2 Å².